The molecule has 4 nitrogen and oxygen atoms in total. The maximum Gasteiger partial charge on any atom is 0.112 e. The Labute approximate surface area is 65.4 Å². The normalized spacial score (nSPS) is 47.7. The van der Waals surface area contributed by atoms with Gasteiger partial charge in [-0.1, -0.05) is 0 Å². The molecule has 3 N–H and O–H groups in total. The summed E-state index contributed by atoms with van der Waals surface area (Å²) < 4.78 is 5.10. The summed E-state index contributed by atoms with van der Waals surface area (Å²) in [6.07, 6.45) is -3.64. The molecule has 0 aromatic carbocycles. The molecule has 1 fully saturated rings. The summed E-state index contributed by atoms with van der Waals surface area (Å²) in [6.45, 7) is 3.19. The number of hydrogen-bond donors (Lipinski definition) is 3. The maximum atomic E-state index is 9.26. The molecule has 1 saturated heterocycles. The predicted molar refractivity (Wildman–Crippen MR) is 38.0 cm³/mol. The van der Waals surface area contributed by atoms with Crippen molar-refractivity contribution in [2.45, 2.75) is 44.4 Å². The quantitative estimate of drug-likeness (QED) is 0.456. The van der Waals surface area contributed by atoms with E-state index in [1.165, 1.54) is 6.92 Å². The van der Waals surface area contributed by atoms with Crippen LogP contribution in [0.2, 0.25) is 0 Å². The molecule has 0 spiro atoms. The van der Waals surface area contributed by atoms with Gasteiger partial charge in [0.05, 0.1) is 12.2 Å². The van der Waals surface area contributed by atoms with E-state index in [0.29, 0.717) is 0 Å². The molecular weight excluding hydrogens is 148 g/mol. The molecule has 2 unspecified atom stereocenters. The van der Waals surface area contributed by atoms with Crippen LogP contribution in [0.3, 0.4) is 0 Å². The van der Waals surface area contributed by atoms with Gasteiger partial charge in [0.2, 0.25) is 0 Å². The third-order valence-corrected chi connectivity index (χ3v) is 2.01. The van der Waals surface area contributed by atoms with Crippen molar-refractivity contribution < 1.29 is 20.1 Å². The van der Waals surface area contributed by atoms with E-state index in [9.17, 15) is 10.2 Å². The van der Waals surface area contributed by atoms with Crippen molar-refractivity contribution in [1.82, 2.24) is 0 Å². The van der Waals surface area contributed by atoms with E-state index in [4.69, 9.17) is 9.84 Å². The Balaban J connectivity index is 2.59. The molecule has 0 aromatic heterocycles. The fourth-order valence-corrected chi connectivity index (χ4v) is 1.28. The molecule has 0 bridgehead atoms. The second-order valence-corrected chi connectivity index (χ2v) is 3.03. The Morgan fingerprint density at radius 3 is 2.00 bits per heavy atom. The minimum absolute atomic E-state index is 0.399. The molecule has 1 heterocycles. The topological polar surface area (TPSA) is 69.9 Å². The smallest absolute Gasteiger partial charge is 0.112 e. The summed E-state index contributed by atoms with van der Waals surface area (Å²) in [4.78, 5) is 0. The zero-order valence-corrected chi connectivity index (χ0v) is 6.64. The third kappa shape index (κ3) is 1.54. The average molecular weight is 162 g/mol. The van der Waals surface area contributed by atoms with Gasteiger partial charge in [0.1, 0.15) is 18.3 Å². The Kier molecular flexibility index (Phi) is 2.49. The van der Waals surface area contributed by atoms with E-state index in [1.54, 1.807) is 6.92 Å². The number of rotatable bonds is 1. The van der Waals surface area contributed by atoms with E-state index in [0.717, 1.165) is 0 Å². The molecule has 11 heavy (non-hydrogen) atoms. The van der Waals surface area contributed by atoms with Crippen LogP contribution in [0.15, 0.2) is 0 Å². The molecule has 1 rings (SSSR count). The summed E-state index contributed by atoms with van der Waals surface area (Å²) in [5, 5.41) is 27.5. The van der Waals surface area contributed by atoms with Crippen LogP contribution in [0.5, 0.6) is 0 Å². The van der Waals surface area contributed by atoms with Gasteiger partial charge in [-0.05, 0) is 13.8 Å². The van der Waals surface area contributed by atoms with E-state index in [2.05, 4.69) is 0 Å². The zero-order valence-electron chi connectivity index (χ0n) is 6.64. The van der Waals surface area contributed by atoms with Gasteiger partial charge in [-0.3, -0.25) is 0 Å². The summed E-state index contributed by atoms with van der Waals surface area (Å²) in [7, 11) is 0. The first-order chi connectivity index (χ1) is 5.04. The first-order valence-corrected chi connectivity index (χ1v) is 3.73. The third-order valence-electron chi connectivity index (χ3n) is 2.01. The SMILES string of the molecule is CC(O)[C@H]1O[C@H](C)C(O)[C@H]1O. The minimum Gasteiger partial charge on any atom is -0.391 e. The second kappa shape index (κ2) is 3.06. The molecule has 0 aromatic rings. The highest BCUT2D eigenvalue weighted by Gasteiger charge is 2.42. The van der Waals surface area contributed by atoms with Gasteiger partial charge in [-0.2, -0.15) is 0 Å². The minimum atomic E-state index is -0.968. The van der Waals surface area contributed by atoms with Crippen molar-refractivity contribution in [3.63, 3.8) is 0 Å². The lowest BCUT2D eigenvalue weighted by atomic mass is 10.1. The lowest BCUT2D eigenvalue weighted by Gasteiger charge is -2.16. The van der Waals surface area contributed by atoms with Gasteiger partial charge >= 0.3 is 0 Å². The summed E-state index contributed by atoms with van der Waals surface area (Å²) in [5.41, 5.74) is 0. The van der Waals surface area contributed by atoms with Crippen LogP contribution in [0, 0.1) is 0 Å². The number of hydrogen-bond acceptors (Lipinski definition) is 4. The van der Waals surface area contributed by atoms with Crippen LogP contribution in [0.25, 0.3) is 0 Å². The van der Waals surface area contributed by atoms with Crippen LogP contribution in [0.4, 0.5) is 0 Å². The first kappa shape index (κ1) is 8.93. The summed E-state index contributed by atoms with van der Waals surface area (Å²) in [6, 6.07) is 0. The Hall–Kier alpha value is -0.160. The van der Waals surface area contributed by atoms with Crippen molar-refractivity contribution >= 4 is 0 Å². The van der Waals surface area contributed by atoms with Crippen LogP contribution < -0.4 is 0 Å². The van der Waals surface area contributed by atoms with Crippen LogP contribution in [-0.4, -0.2) is 45.8 Å². The Morgan fingerprint density at radius 2 is 1.82 bits per heavy atom. The van der Waals surface area contributed by atoms with Gasteiger partial charge in [0.15, 0.2) is 0 Å². The average Bonchev–Trinajstić information content (AvgIpc) is 2.17. The highest BCUT2D eigenvalue weighted by molar-refractivity contribution is 4.90. The molecule has 1 aliphatic rings. The summed E-state index contributed by atoms with van der Waals surface area (Å²) >= 11 is 0. The standard InChI is InChI=1S/C7H14O4/c1-3(8)7-6(10)5(9)4(2)11-7/h3-10H,1-2H3/t3?,4-,5?,6-,7-/m1/s1. The van der Waals surface area contributed by atoms with Crippen molar-refractivity contribution in [2.24, 2.45) is 0 Å². The fourth-order valence-electron chi connectivity index (χ4n) is 1.28. The van der Waals surface area contributed by atoms with Crippen LogP contribution in [-0.2, 0) is 4.74 Å². The molecule has 0 radical (unpaired) electrons. The van der Waals surface area contributed by atoms with E-state index in [-0.39, 0.29) is 0 Å². The van der Waals surface area contributed by atoms with Crippen molar-refractivity contribution in [2.75, 3.05) is 0 Å². The van der Waals surface area contributed by atoms with Crippen LogP contribution in [0.1, 0.15) is 13.8 Å². The molecule has 0 amide bonds. The highest BCUT2D eigenvalue weighted by atomic mass is 16.6. The van der Waals surface area contributed by atoms with Crippen molar-refractivity contribution in [3.05, 3.63) is 0 Å². The van der Waals surface area contributed by atoms with E-state index in [1.807, 2.05) is 0 Å². The number of aliphatic hydroxyl groups excluding tert-OH is 3. The van der Waals surface area contributed by atoms with E-state index < -0.39 is 30.5 Å². The van der Waals surface area contributed by atoms with Gasteiger partial charge in [-0.15, -0.1) is 0 Å². The lowest BCUT2D eigenvalue weighted by molar-refractivity contribution is -0.0546. The first-order valence-electron chi connectivity index (χ1n) is 3.73. The molecule has 4 heteroatoms. The molecule has 0 saturated carbocycles. The van der Waals surface area contributed by atoms with Crippen molar-refractivity contribution in [3.8, 4) is 0 Å². The molecule has 66 valence electrons. The van der Waals surface area contributed by atoms with Gasteiger partial charge in [0.25, 0.3) is 0 Å². The second-order valence-electron chi connectivity index (χ2n) is 3.03. The maximum absolute atomic E-state index is 9.26. The molecular formula is C7H14O4. The molecule has 1 aliphatic heterocycles. The van der Waals surface area contributed by atoms with Crippen molar-refractivity contribution in [1.29, 1.82) is 0 Å². The Morgan fingerprint density at radius 1 is 1.27 bits per heavy atom. The highest BCUT2D eigenvalue weighted by Crippen LogP contribution is 2.22. The molecule has 5 atom stereocenters. The number of aliphatic hydroxyl groups is 3. The van der Waals surface area contributed by atoms with Gasteiger partial charge < -0.3 is 20.1 Å². The zero-order chi connectivity index (χ0) is 8.59. The molecule has 0 aliphatic carbocycles. The summed E-state index contributed by atoms with van der Waals surface area (Å²) in [5.74, 6) is 0. The van der Waals surface area contributed by atoms with Crippen LogP contribution >= 0.6 is 0 Å². The largest absolute Gasteiger partial charge is 0.391 e. The predicted octanol–water partition coefficient (Wildman–Crippen LogP) is -1.12. The fraction of sp³-hybridized carbons (Fsp3) is 1.00. The van der Waals surface area contributed by atoms with E-state index >= 15 is 0 Å². The Bertz CT molecular complexity index is 136. The van der Waals surface area contributed by atoms with Gasteiger partial charge in [-0.25, -0.2) is 0 Å². The van der Waals surface area contributed by atoms with Gasteiger partial charge in [0, 0.05) is 0 Å². The monoisotopic (exact) mass is 162 g/mol. The lowest BCUT2D eigenvalue weighted by Crippen LogP contribution is -2.37. The number of ether oxygens (including phenoxy) is 1.